The van der Waals surface area contributed by atoms with E-state index in [1.165, 1.54) is 0 Å². The molecule has 0 aliphatic carbocycles. The van der Waals surface area contributed by atoms with Crippen molar-refractivity contribution >= 4 is 16.8 Å². The molecule has 1 aliphatic rings. The number of hydrogen-bond acceptors (Lipinski definition) is 6. The van der Waals surface area contributed by atoms with E-state index in [-0.39, 0.29) is 11.7 Å². The first-order valence-corrected chi connectivity index (χ1v) is 7.89. The number of rotatable bonds is 7. The van der Waals surface area contributed by atoms with E-state index < -0.39 is 17.3 Å². The van der Waals surface area contributed by atoms with Crippen LogP contribution in [0.15, 0.2) is 35.5 Å². The van der Waals surface area contributed by atoms with Gasteiger partial charge in [-0.3, -0.25) is 15.0 Å². The van der Waals surface area contributed by atoms with Crippen LogP contribution in [0.3, 0.4) is 0 Å². The van der Waals surface area contributed by atoms with Crippen molar-refractivity contribution in [2.24, 2.45) is 5.16 Å². The molecule has 23 heavy (non-hydrogen) atoms. The predicted octanol–water partition coefficient (Wildman–Crippen LogP) is 2.05. The summed E-state index contributed by atoms with van der Waals surface area (Å²) in [5.41, 5.74) is -1.57. The van der Waals surface area contributed by atoms with Crippen LogP contribution in [0.1, 0.15) is 24.8 Å². The Kier molecular flexibility index (Phi) is 6.32. The largest absolute Gasteiger partial charge is 0.384 e. The maximum atomic E-state index is 11.2. The van der Waals surface area contributed by atoms with Gasteiger partial charge in [-0.05, 0) is 25.9 Å². The van der Waals surface area contributed by atoms with E-state index in [0.717, 1.165) is 32.4 Å². The monoisotopic (exact) mass is 341 g/mol. The Morgan fingerprint density at radius 1 is 1.35 bits per heavy atom. The SMILES string of the molecule is O=[N+]([O-])C(O)(CON=C(Cl)c1ccccc1)CN1CCCCC1. The standard InChI is InChI=1S/C15H20ClN3O4/c16-14(13-7-3-1-4-8-13)17-23-12-15(20,19(21)22)11-18-9-5-2-6-10-18/h1,3-4,7-8,20H,2,5-6,9-12H2. The van der Waals surface area contributed by atoms with Crippen molar-refractivity contribution in [1.82, 2.24) is 4.90 Å². The van der Waals surface area contributed by atoms with E-state index in [1.807, 2.05) is 11.0 Å². The minimum Gasteiger partial charge on any atom is -0.384 e. The van der Waals surface area contributed by atoms with Gasteiger partial charge in [0.15, 0.2) is 5.17 Å². The van der Waals surface area contributed by atoms with E-state index in [0.29, 0.717) is 5.56 Å². The fourth-order valence-corrected chi connectivity index (χ4v) is 2.63. The molecule has 1 aliphatic heterocycles. The van der Waals surface area contributed by atoms with Crippen LogP contribution in [0.2, 0.25) is 0 Å². The second-order valence-corrected chi connectivity index (χ2v) is 5.96. The number of likely N-dealkylation sites (tertiary alicyclic amines) is 1. The summed E-state index contributed by atoms with van der Waals surface area (Å²) >= 11 is 5.97. The van der Waals surface area contributed by atoms with E-state index in [4.69, 9.17) is 16.4 Å². The van der Waals surface area contributed by atoms with Crippen molar-refractivity contribution in [1.29, 1.82) is 0 Å². The maximum Gasteiger partial charge on any atom is 0.371 e. The van der Waals surface area contributed by atoms with Gasteiger partial charge in [0.2, 0.25) is 6.61 Å². The summed E-state index contributed by atoms with van der Waals surface area (Å²) in [5, 5.41) is 25.2. The highest BCUT2D eigenvalue weighted by atomic mass is 35.5. The Labute approximate surface area is 139 Å². The molecule has 1 saturated heterocycles. The van der Waals surface area contributed by atoms with Crippen molar-refractivity contribution in [2.75, 3.05) is 26.2 Å². The molecular weight excluding hydrogens is 322 g/mol. The molecule has 2 rings (SSSR count). The van der Waals surface area contributed by atoms with Crippen LogP contribution in [0.25, 0.3) is 0 Å². The minimum absolute atomic E-state index is 0.0780. The second kappa shape index (κ2) is 8.24. The van der Waals surface area contributed by atoms with Crippen LogP contribution < -0.4 is 0 Å². The zero-order valence-electron chi connectivity index (χ0n) is 12.7. The molecule has 1 atom stereocenters. The molecule has 1 N–H and O–H groups in total. The summed E-state index contributed by atoms with van der Waals surface area (Å²) < 4.78 is 0. The molecule has 1 unspecified atom stereocenters. The first kappa shape index (κ1) is 17.7. The number of oxime groups is 1. The van der Waals surface area contributed by atoms with Gasteiger partial charge >= 0.3 is 5.72 Å². The molecule has 1 heterocycles. The lowest BCUT2D eigenvalue weighted by molar-refractivity contribution is -0.629. The molecular formula is C15H20ClN3O4. The Bertz CT molecular complexity index is 549. The van der Waals surface area contributed by atoms with Gasteiger partial charge in [0.05, 0.1) is 4.92 Å². The molecule has 0 spiro atoms. The summed E-state index contributed by atoms with van der Waals surface area (Å²) in [6, 6.07) is 8.89. The van der Waals surface area contributed by atoms with Crippen molar-refractivity contribution in [3.63, 3.8) is 0 Å². The smallest absolute Gasteiger partial charge is 0.371 e. The van der Waals surface area contributed by atoms with E-state index in [1.54, 1.807) is 24.3 Å². The van der Waals surface area contributed by atoms with Gasteiger partial charge in [-0.15, -0.1) is 0 Å². The molecule has 7 nitrogen and oxygen atoms in total. The molecule has 0 bridgehead atoms. The van der Waals surface area contributed by atoms with Crippen molar-refractivity contribution < 1.29 is 14.9 Å². The number of nitrogens with zero attached hydrogens (tertiary/aromatic N) is 3. The summed E-state index contributed by atoms with van der Waals surface area (Å²) in [5.74, 6) is 0. The Morgan fingerprint density at radius 3 is 2.61 bits per heavy atom. The first-order chi connectivity index (χ1) is 11.0. The number of hydrogen-bond donors (Lipinski definition) is 1. The number of halogens is 1. The average Bonchev–Trinajstić information content (AvgIpc) is 2.56. The molecule has 1 fully saturated rings. The lowest BCUT2D eigenvalue weighted by Gasteiger charge is -2.30. The van der Waals surface area contributed by atoms with Gasteiger partial charge in [-0.25, -0.2) is 0 Å². The summed E-state index contributed by atoms with van der Waals surface area (Å²) in [7, 11) is 0. The Hall–Kier alpha value is -1.70. The topological polar surface area (TPSA) is 88.2 Å². The van der Waals surface area contributed by atoms with Crippen molar-refractivity contribution in [3.8, 4) is 0 Å². The number of piperidine rings is 1. The van der Waals surface area contributed by atoms with Crippen LogP contribution in [0.4, 0.5) is 0 Å². The van der Waals surface area contributed by atoms with Crippen molar-refractivity contribution in [2.45, 2.75) is 25.0 Å². The van der Waals surface area contributed by atoms with Gasteiger partial charge < -0.3 is 9.94 Å². The van der Waals surface area contributed by atoms with Gasteiger partial charge in [-0.2, -0.15) is 0 Å². The molecule has 1 aromatic carbocycles. The number of β-amino-alcohol motifs (C(OH)–C–C–N with tert-alkyl or cyclic N) is 1. The van der Waals surface area contributed by atoms with Crippen LogP contribution in [0, 0.1) is 10.1 Å². The van der Waals surface area contributed by atoms with Gasteiger partial charge in [-0.1, -0.05) is 53.5 Å². The zero-order chi connectivity index (χ0) is 16.7. The number of benzene rings is 1. The molecule has 0 amide bonds. The first-order valence-electron chi connectivity index (χ1n) is 7.51. The lowest BCUT2D eigenvalue weighted by atomic mass is 10.1. The molecule has 126 valence electrons. The van der Waals surface area contributed by atoms with Gasteiger partial charge in [0.25, 0.3) is 0 Å². The fourth-order valence-electron chi connectivity index (χ4n) is 2.45. The van der Waals surface area contributed by atoms with Crippen LogP contribution in [-0.4, -0.2) is 52.1 Å². The third kappa shape index (κ3) is 5.16. The fraction of sp³-hybridized carbons (Fsp3) is 0.533. The maximum absolute atomic E-state index is 11.2. The molecule has 0 aromatic heterocycles. The van der Waals surface area contributed by atoms with E-state index in [2.05, 4.69) is 5.16 Å². The van der Waals surface area contributed by atoms with Crippen LogP contribution >= 0.6 is 11.6 Å². The zero-order valence-corrected chi connectivity index (χ0v) is 13.5. The van der Waals surface area contributed by atoms with Crippen molar-refractivity contribution in [3.05, 3.63) is 46.0 Å². The minimum atomic E-state index is -2.20. The lowest BCUT2D eigenvalue weighted by Crippen LogP contribution is -2.53. The molecule has 1 aromatic rings. The summed E-state index contributed by atoms with van der Waals surface area (Å²) in [4.78, 5) is 17.3. The molecule has 8 heteroatoms. The van der Waals surface area contributed by atoms with Gasteiger partial charge in [0, 0.05) is 5.56 Å². The Morgan fingerprint density at radius 2 is 2.00 bits per heavy atom. The Balaban J connectivity index is 1.94. The summed E-state index contributed by atoms with van der Waals surface area (Å²) in [6.07, 6.45) is 3.07. The summed E-state index contributed by atoms with van der Waals surface area (Å²) in [6.45, 7) is 0.840. The van der Waals surface area contributed by atoms with E-state index in [9.17, 15) is 15.2 Å². The average molecular weight is 342 g/mol. The molecule has 0 saturated carbocycles. The van der Waals surface area contributed by atoms with E-state index >= 15 is 0 Å². The quantitative estimate of drug-likeness (QED) is 0.355. The third-order valence-electron chi connectivity index (χ3n) is 3.72. The molecule has 0 radical (unpaired) electrons. The normalized spacial score (nSPS) is 19.1. The highest BCUT2D eigenvalue weighted by molar-refractivity contribution is 6.69. The van der Waals surface area contributed by atoms with Crippen LogP contribution in [0.5, 0.6) is 0 Å². The van der Waals surface area contributed by atoms with Crippen LogP contribution in [-0.2, 0) is 4.84 Å². The highest BCUT2D eigenvalue weighted by Crippen LogP contribution is 2.15. The second-order valence-electron chi connectivity index (χ2n) is 5.60. The number of nitro groups is 1. The van der Waals surface area contributed by atoms with Gasteiger partial charge in [0.1, 0.15) is 6.54 Å². The third-order valence-corrected chi connectivity index (χ3v) is 4.00. The number of aliphatic hydroxyl groups is 1. The highest BCUT2D eigenvalue weighted by Gasteiger charge is 2.44. The predicted molar refractivity (Wildman–Crippen MR) is 87.0 cm³/mol.